The summed E-state index contributed by atoms with van der Waals surface area (Å²) in [5.74, 6) is -0.439. The number of nitrogens with one attached hydrogen (secondary N) is 1. The molecule has 0 radical (unpaired) electrons. The summed E-state index contributed by atoms with van der Waals surface area (Å²) in [7, 11) is 0. The molecule has 1 atom stereocenters. The first-order valence-electron chi connectivity index (χ1n) is 8.31. The summed E-state index contributed by atoms with van der Waals surface area (Å²) in [5.41, 5.74) is 0.928. The molecule has 0 aliphatic heterocycles. The molecule has 0 unspecified atom stereocenters. The number of hydrogen-bond donors (Lipinski definition) is 2. The molecule has 1 aromatic rings. The Morgan fingerprint density at radius 3 is 2.52 bits per heavy atom. The summed E-state index contributed by atoms with van der Waals surface area (Å²) >= 11 is 0. The number of carboxylic acid groups (broad SMARTS) is 1. The van der Waals surface area contributed by atoms with E-state index in [2.05, 4.69) is 5.32 Å². The maximum absolute atomic E-state index is 11.8. The molecular weight excluding hydrogens is 294 g/mol. The van der Waals surface area contributed by atoms with Crippen molar-refractivity contribution in [3.05, 3.63) is 35.9 Å². The summed E-state index contributed by atoms with van der Waals surface area (Å²) in [6.45, 7) is 0.588. The predicted octanol–water partition coefficient (Wildman–Crippen LogP) is 3.58. The Kier molecular flexibility index (Phi) is 6.91. The molecule has 2 rings (SSSR count). The van der Waals surface area contributed by atoms with E-state index in [9.17, 15) is 9.59 Å². The average Bonchev–Trinajstić information content (AvgIpc) is 2.58. The Hall–Kier alpha value is -2.04. The molecule has 1 saturated carbocycles. The van der Waals surface area contributed by atoms with Crippen molar-refractivity contribution in [2.75, 3.05) is 6.54 Å². The number of aliphatic carboxylic acids is 1. The summed E-state index contributed by atoms with van der Waals surface area (Å²) < 4.78 is 5.17. The molecule has 23 heavy (non-hydrogen) atoms. The lowest BCUT2D eigenvalue weighted by Crippen LogP contribution is -2.35. The third-order valence-corrected chi connectivity index (χ3v) is 4.47. The van der Waals surface area contributed by atoms with E-state index in [4.69, 9.17) is 9.84 Å². The van der Waals surface area contributed by atoms with Crippen molar-refractivity contribution in [1.29, 1.82) is 0 Å². The van der Waals surface area contributed by atoms with Gasteiger partial charge in [0.25, 0.3) is 0 Å². The lowest BCUT2D eigenvalue weighted by molar-refractivity contribution is -0.138. The highest BCUT2D eigenvalue weighted by Crippen LogP contribution is 2.31. The first-order valence-corrected chi connectivity index (χ1v) is 8.31. The van der Waals surface area contributed by atoms with Crippen LogP contribution in [0.4, 0.5) is 4.79 Å². The number of benzene rings is 1. The van der Waals surface area contributed by atoms with Gasteiger partial charge in [0.1, 0.15) is 6.61 Å². The molecule has 0 heterocycles. The molecule has 5 heteroatoms. The van der Waals surface area contributed by atoms with Crippen molar-refractivity contribution in [2.45, 2.75) is 45.1 Å². The van der Waals surface area contributed by atoms with E-state index in [-0.39, 0.29) is 18.9 Å². The maximum Gasteiger partial charge on any atom is 0.407 e. The number of hydrogen-bond acceptors (Lipinski definition) is 3. The highest BCUT2D eigenvalue weighted by Gasteiger charge is 2.26. The number of rotatable bonds is 7. The average molecular weight is 319 g/mol. The SMILES string of the molecule is O=C(O)C[C@@H](CNC(=O)OCc1ccccc1)C1CCCCC1. The highest BCUT2D eigenvalue weighted by atomic mass is 16.5. The second-order valence-electron chi connectivity index (χ2n) is 6.20. The quantitative estimate of drug-likeness (QED) is 0.805. The normalized spacial score (nSPS) is 16.5. The van der Waals surface area contributed by atoms with Gasteiger partial charge in [0, 0.05) is 6.54 Å². The topological polar surface area (TPSA) is 75.6 Å². The Bertz CT molecular complexity index is 497. The number of amides is 1. The van der Waals surface area contributed by atoms with Crippen LogP contribution >= 0.6 is 0 Å². The number of ether oxygens (including phenoxy) is 1. The van der Waals surface area contributed by atoms with Crippen molar-refractivity contribution in [1.82, 2.24) is 5.32 Å². The van der Waals surface area contributed by atoms with Crippen molar-refractivity contribution in [3.63, 3.8) is 0 Å². The van der Waals surface area contributed by atoms with Gasteiger partial charge < -0.3 is 15.2 Å². The van der Waals surface area contributed by atoms with E-state index in [1.807, 2.05) is 30.3 Å². The molecule has 1 fully saturated rings. The largest absolute Gasteiger partial charge is 0.481 e. The summed E-state index contributed by atoms with van der Waals surface area (Å²) in [4.78, 5) is 22.9. The van der Waals surface area contributed by atoms with Crippen LogP contribution in [0.1, 0.15) is 44.1 Å². The second-order valence-corrected chi connectivity index (χ2v) is 6.20. The maximum atomic E-state index is 11.8. The molecule has 2 N–H and O–H groups in total. The Labute approximate surface area is 137 Å². The molecule has 1 aromatic carbocycles. The zero-order valence-electron chi connectivity index (χ0n) is 13.4. The Balaban J connectivity index is 1.77. The van der Waals surface area contributed by atoms with E-state index < -0.39 is 12.1 Å². The molecule has 0 bridgehead atoms. The van der Waals surface area contributed by atoms with Gasteiger partial charge in [-0.2, -0.15) is 0 Å². The van der Waals surface area contributed by atoms with E-state index >= 15 is 0 Å². The predicted molar refractivity (Wildman–Crippen MR) is 86.9 cm³/mol. The van der Waals surface area contributed by atoms with E-state index in [0.717, 1.165) is 31.2 Å². The summed E-state index contributed by atoms with van der Waals surface area (Å²) in [6, 6.07) is 9.47. The van der Waals surface area contributed by atoms with Crippen LogP contribution in [0.15, 0.2) is 30.3 Å². The van der Waals surface area contributed by atoms with Crippen molar-refractivity contribution >= 4 is 12.1 Å². The van der Waals surface area contributed by atoms with Gasteiger partial charge in [0.2, 0.25) is 0 Å². The number of carbonyl (C=O) groups is 2. The summed E-state index contributed by atoms with van der Waals surface area (Å²) in [6.07, 6.45) is 5.25. The van der Waals surface area contributed by atoms with Crippen LogP contribution in [0.3, 0.4) is 0 Å². The molecule has 0 spiro atoms. The third-order valence-electron chi connectivity index (χ3n) is 4.47. The van der Waals surface area contributed by atoms with Crippen LogP contribution in [-0.4, -0.2) is 23.7 Å². The van der Waals surface area contributed by atoms with Gasteiger partial charge in [-0.1, -0.05) is 62.4 Å². The molecule has 0 saturated heterocycles. The summed E-state index contributed by atoms with van der Waals surface area (Å²) in [5, 5.41) is 11.8. The molecule has 5 nitrogen and oxygen atoms in total. The van der Waals surface area contributed by atoms with Crippen molar-refractivity contribution in [3.8, 4) is 0 Å². The van der Waals surface area contributed by atoms with Gasteiger partial charge in [0.05, 0.1) is 6.42 Å². The van der Waals surface area contributed by atoms with Crippen LogP contribution in [-0.2, 0) is 16.1 Å². The molecule has 1 aliphatic carbocycles. The first-order chi connectivity index (χ1) is 11.1. The van der Waals surface area contributed by atoms with Gasteiger partial charge in [-0.3, -0.25) is 4.79 Å². The van der Waals surface area contributed by atoms with Gasteiger partial charge >= 0.3 is 12.1 Å². The zero-order chi connectivity index (χ0) is 16.5. The number of alkyl carbamates (subject to hydrolysis) is 1. The van der Waals surface area contributed by atoms with Crippen LogP contribution in [0, 0.1) is 11.8 Å². The minimum atomic E-state index is -0.806. The lowest BCUT2D eigenvalue weighted by atomic mass is 9.78. The lowest BCUT2D eigenvalue weighted by Gasteiger charge is -2.29. The molecular formula is C18H25NO4. The molecule has 0 aromatic heterocycles. The first kappa shape index (κ1) is 17.3. The fourth-order valence-corrected chi connectivity index (χ4v) is 3.22. The van der Waals surface area contributed by atoms with Crippen LogP contribution in [0.2, 0.25) is 0 Å². The fraction of sp³-hybridized carbons (Fsp3) is 0.556. The van der Waals surface area contributed by atoms with Crippen LogP contribution in [0.5, 0.6) is 0 Å². The van der Waals surface area contributed by atoms with E-state index in [0.29, 0.717) is 12.5 Å². The van der Waals surface area contributed by atoms with Crippen LogP contribution in [0.25, 0.3) is 0 Å². The van der Waals surface area contributed by atoms with Gasteiger partial charge in [0.15, 0.2) is 0 Å². The number of carbonyl (C=O) groups excluding carboxylic acids is 1. The Morgan fingerprint density at radius 1 is 1.17 bits per heavy atom. The van der Waals surface area contributed by atoms with Crippen molar-refractivity contribution in [2.24, 2.45) is 11.8 Å². The number of carboxylic acids is 1. The fourth-order valence-electron chi connectivity index (χ4n) is 3.22. The molecule has 126 valence electrons. The van der Waals surface area contributed by atoms with Crippen LogP contribution < -0.4 is 5.32 Å². The van der Waals surface area contributed by atoms with E-state index in [1.54, 1.807) is 0 Å². The highest BCUT2D eigenvalue weighted by molar-refractivity contribution is 5.68. The Morgan fingerprint density at radius 2 is 1.87 bits per heavy atom. The van der Waals surface area contributed by atoms with E-state index in [1.165, 1.54) is 6.42 Å². The van der Waals surface area contributed by atoms with Gasteiger partial charge in [-0.05, 0) is 17.4 Å². The molecule has 1 amide bonds. The van der Waals surface area contributed by atoms with Crippen molar-refractivity contribution < 1.29 is 19.4 Å². The monoisotopic (exact) mass is 319 g/mol. The standard InChI is InChI=1S/C18H25NO4/c20-17(21)11-16(15-9-5-2-6-10-15)12-19-18(22)23-13-14-7-3-1-4-8-14/h1,3-4,7-8,15-16H,2,5-6,9-13H2,(H,19,22)(H,20,21)/t16-/m0/s1. The smallest absolute Gasteiger partial charge is 0.407 e. The van der Waals surface area contributed by atoms with Gasteiger partial charge in [-0.15, -0.1) is 0 Å². The molecule has 1 aliphatic rings. The zero-order valence-corrected chi connectivity index (χ0v) is 13.4. The second kappa shape index (κ2) is 9.18. The minimum absolute atomic E-state index is 0.0166. The minimum Gasteiger partial charge on any atom is -0.481 e. The third kappa shape index (κ3) is 6.30. The van der Waals surface area contributed by atoms with Gasteiger partial charge in [-0.25, -0.2) is 4.79 Å².